The second kappa shape index (κ2) is 6.96. The van der Waals surface area contributed by atoms with Gasteiger partial charge in [-0.05, 0) is 94.9 Å². The molecule has 0 aliphatic heterocycles. The Morgan fingerprint density at radius 3 is 2.77 bits per heavy atom. The molecule has 0 spiro atoms. The van der Waals surface area contributed by atoms with Crippen molar-refractivity contribution in [1.82, 2.24) is 0 Å². The summed E-state index contributed by atoms with van der Waals surface area (Å²) >= 11 is 2.47. The maximum Gasteiger partial charge on any atom is 0.00899 e. The Kier molecular flexibility index (Phi) is 4.96. The summed E-state index contributed by atoms with van der Waals surface area (Å²) in [7, 11) is 0. The summed E-state index contributed by atoms with van der Waals surface area (Å²) in [5, 5.41) is 0. The predicted octanol–water partition coefficient (Wildman–Crippen LogP) is 7.71. The molecule has 1 fully saturated rings. The molecule has 0 bridgehead atoms. The fourth-order valence-corrected chi connectivity index (χ4v) is 6.71. The standard InChI is InChI=1S/C25H31I/c1-5-21-22-12-10-19(15-24(22)25(3,4)23(21)6-2)16-7-8-18-14-20(26)11-9-17(18)13-16/h5,9-12,14,16-18,24H,1,6-8,13,15H2,2-4H3. The van der Waals surface area contributed by atoms with E-state index >= 15 is 0 Å². The minimum Gasteiger partial charge on any atom is -0.0985 e. The van der Waals surface area contributed by atoms with Crippen LogP contribution in [0, 0.1) is 29.1 Å². The van der Waals surface area contributed by atoms with E-state index in [4.69, 9.17) is 0 Å². The van der Waals surface area contributed by atoms with Crippen molar-refractivity contribution in [3.05, 3.63) is 68.9 Å². The Morgan fingerprint density at radius 2 is 2.04 bits per heavy atom. The van der Waals surface area contributed by atoms with Gasteiger partial charge in [-0.25, -0.2) is 0 Å². The van der Waals surface area contributed by atoms with Crippen LogP contribution in [0.4, 0.5) is 0 Å². The van der Waals surface area contributed by atoms with Crippen LogP contribution < -0.4 is 0 Å². The molecule has 138 valence electrons. The Balaban J connectivity index is 1.58. The normalized spacial score (nSPS) is 35.3. The van der Waals surface area contributed by atoms with Gasteiger partial charge in [0.05, 0.1) is 0 Å². The minimum absolute atomic E-state index is 0.268. The molecule has 1 saturated carbocycles. The smallest absolute Gasteiger partial charge is 0.00899 e. The Bertz CT molecular complexity index is 768. The third-order valence-corrected chi connectivity index (χ3v) is 8.21. The van der Waals surface area contributed by atoms with Gasteiger partial charge in [0, 0.05) is 3.58 Å². The molecule has 4 rings (SSSR count). The van der Waals surface area contributed by atoms with Crippen molar-refractivity contribution < 1.29 is 0 Å². The largest absolute Gasteiger partial charge is 0.0985 e. The van der Waals surface area contributed by atoms with Crippen molar-refractivity contribution in [1.29, 1.82) is 0 Å². The molecule has 4 unspecified atom stereocenters. The first kappa shape index (κ1) is 18.5. The van der Waals surface area contributed by atoms with Gasteiger partial charge in [0.2, 0.25) is 0 Å². The van der Waals surface area contributed by atoms with E-state index in [1.807, 2.05) is 0 Å². The second-order valence-corrected chi connectivity index (χ2v) is 10.3. The molecular formula is C25H31I. The zero-order chi connectivity index (χ0) is 18.5. The summed E-state index contributed by atoms with van der Waals surface area (Å²) in [6.45, 7) is 11.3. The van der Waals surface area contributed by atoms with Crippen LogP contribution in [0.15, 0.2) is 68.9 Å². The molecule has 0 aromatic heterocycles. The molecule has 0 amide bonds. The third kappa shape index (κ3) is 2.95. The molecule has 0 aromatic carbocycles. The van der Waals surface area contributed by atoms with Gasteiger partial charge in [-0.2, -0.15) is 0 Å². The number of rotatable bonds is 3. The summed E-state index contributed by atoms with van der Waals surface area (Å²) in [4.78, 5) is 0. The lowest BCUT2D eigenvalue weighted by atomic mass is 9.65. The molecular weight excluding hydrogens is 427 g/mol. The zero-order valence-corrected chi connectivity index (χ0v) is 18.6. The van der Waals surface area contributed by atoms with Crippen LogP contribution >= 0.6 is 22.6 Å². The van der Waals surface area contributed by atoms with E-state index in [2.05, 4.69) is 86.4 Å². The number of hydrogen-bond acceptors (Lipinski definition) is 0. The Labute approximate surface area is 173 Å². The van der Waals surface area contributed by atoms with E-state index in [-0.39, 0.29) is 5.41 Å². The van der Waals surface area contributed by atoms with E-state index < -0.39 is 0 Å². The lowest BCUT2D eigenvalue weighted by Gasteiger charge is -2.39. The summed E-state index contributed by atoms with van der Waals surface area (Å²) in [6, 6.07) is 0. The minimum atomic E-state index is 0.268. The van der Waals surface area contributed by atoms with E-state index in [1.165, 1.54) is 34.8 Å². The van der Waals surface area contributed by atoms with Crippen molar-refractivity contribution in [2.75, 3.05) is 0 Å². The van der Waals surface area contributed by atoms with Gasteiger partial charge in [-0.15, -0.1) is 0 Å². The lowest BCUT2D eigenvalue weighted by Crippen LogP contribution is -2.29. The summed E-state index contributed by atoms with van der Waals surface area (Å²) in [5.41, 5.74) is 6.58. The Morgan fingerprint density at radius 1 is 1.23 bits per heavy atom. The van der Waals surface area contributed by atoms with Crippen molar-refractivity contribution >= 4 is 22.6 Å². The quantitative estimate of drug-likeness (QED) is 0.380. The molecule has 0 N–H and O–H groups in total. The fraction of sp³-hybridized carbons (Fsp3) is 0.520. The lowest BCUT2D eigenvalue weighted by molar-refractivity contribution is 0.254. The molecule has 4 aliphatic carbocycles. The van der Waals surface area contributed by atoms with Gasteiger partial charge in [0.25, 0.3) is 0 Å². The number of halogens is 1. The molecule has 0 radical (unpaired) electrons. The monoisotopic (exact) mass is 458 g/mol. The molecule has 0 aromatic rings. The highest BCUT2D eigenvalue weighted by Crippen LogP contribution is 2.56. The number of fused-ring (bicyclic) bond motifs is 2. The van der Waals surface area contributed by atoms with Crippen molar-refractivity contribution in [2.24, 2.45) is 29.1 Å². The SMILES string of the molecule is C=CC1=C(CC)C(C)(C)C2CC(C3CCC4C=C(I)C=CC4C3)=CC=C12. The third-order valence-electron chi connectivity index (χ3n) is 7.49. The second-order valence-electron chi connectivity index (χ2n) is 9.04. The Hall–Kier alpha value is -0.830. The van der Waals surface area contributed by atoms with E-state index in [1.54, 1.807) is 16.7 Å². The van der Waals surface area contributed by atoms with Crippen LogP contribution in [-0.4, -0.2) is 0 Å². The topological polar surface area (TPSA) is 0 Å². The molecule has 26 heavy (non-hydrogen) atoms. The average molecular weight is 458 g/mol. The average Bonchev–Trinajstić information content (AvgIpc) is 2.86. The first-order valence-corrected chi connectivity index (χ1v) is 11.4. The zero-order valence-electron chi connectivity index (χ0n) is 16.4. The first-order chi connectivity index (χ1) is 12.5. The van der Waals surface area contributed by atoms with Crippen molar-refractivity contribution in [3.63, 3.8) is 0 Å². The maximum absolute atomic E-state index is 4.12. The van der Waals surface area contributed by atoms with Crippen LogP contribution in [0.5, 0.6) is 0 Å². The van der Waals surface area contributed by atoms with Gasteiger partial charge in [0.1, 0.15) is 0 Å². The predicted molar refractivity (Wildman–Crippen MR) is 121 cm³/mol. The molecule has 0 nitrogen and oxygen atoms in total. The van der Waals surface area contributed by atoms with Gasteiger partial charge in [-0.3, -0.25) is 0 Å². The van der Waals surface area contributed by atoms with E-state index in [9.17, 15) is 0 Å². The van der Waals surface area contributed by atoms with Crippen LogP contribution in [0.2, 0.25) is 0 Å². The van der Waals surface area contributed by atoms with Gasteiger partial charge in [-0.1, -0.05) is 75.0 Å². The van der Waals surface area contributed by atoms with Crippen LogP contribution in [0.3, 0.4) is 0 Å². The van der Waals surface area contributed by atoms with Crippen LogP contribution in [0.1, 0.15) is 52.9 Å². The van der Waals surface area contributed by atoms with Crippen molar-refractivity contribution in [2.45, 2.75) is 52.9 Å². The highest BCUT2D eigenvalue weighted by atomic mass is 127. The highest BCUT2D eigenvalue weighted by molar-refractivity contribution is 14.1. The molecule has 4 atom stereocenters. The molecule has 4 aliphatic rings. The summed E-state index contributed by atoms with van der Waals surface area (Å²) in [6.07, 6.45) is 20.8. The number of allylic oxidation sites excluding steroid dienone is 11. The van der Waals surface area contributed by atoms with Crippen LogP contribution in [-0.2, 0) is 0 Å². The molecule has 0 saturated heterocycles. The fourth-order valence-electron chi connectivity index (χ4n) is 6.04. The first-order valence-electron chi connectivity index (χ1n) is 10.3. The molecule has 0 heterocycles. The van der Waals surface area contributed by atoms with Gasteiger partial charge in [0.15, 0.2) is 0 Å². The molecule has 1 heteroatoms. The van der Waals surface area contributed by atoms with E-state index in [0.717, 1.165) is 24.2 Å². The van der Waals surface area contributed by atoms with Gasteiger partial charge < -0.3 is 0 Å². The maximum atomic E-state index is 4.12. The summed E-state index contributed by atoms with van der Waals surface area (Å²) < 4.78 is 1.43. The summed E-state index contributed by atoms with van der Waals surface area (Å²) in [5.74, 6) is 2.95. The van der Waals surface area contributed by atoms with Crippen LogP contribution in [0.25, 0.3) is 0 Å². The number of hydrogen-bond donors (Lipinski definition) is 0. The van der Waals surface area contributed by atoms with Gasteiger partial charge >= 0.3 is 0 Å². The van der Waals surface area contributed by atoms with E-state index in [0.29, 0.717) is 5.92 Å². The highest BCUT2D eigenvalue weighted by Gasteiger charge is 2.44. The van der Waals surface area contributed by atoms with Crippen molar-refractivity contribution in [3.8, 4) is 0 Å².